The monoisotopic (exact) mass is 266 g/mol. The largest absolute Gasteiger partial charge is 0.392 e. The second-order valence-corrected chi connectivity index (χ2v) is 5.58. The Kier molecular flexibility index (Phi) is 4.91. The summed E-state index contributed by atoms with van der Waals surface area (Å²) in [7, 11) is 0. The summed E-state index contributed by atoms with van der Waals surface area (Å²) < 4.78 is 13.1. The molecule has 0 amide bonds. The number of aliphatic hydroxyl groups excluding tert-OH is 1. The Bertz CT molecular complexity index is 413. The van der Waals surface area contributed by atoms with Gasteiger partial charge in [-0.3, -0.25) is 0 Å². The average molecular weight is 266 g/mol. The highest BCUT2D eigenvalue weighted by atomic mass is 19.1. The summed E-state index contributed by atoms with van der Waals surface area (Å²) in [4.78, 5) is 2.24. The highest BCUT2D eigenvalue weighted by Crippen LogP contribution is 2.20. The van der Waals surface area contributed by atoms with Gasteiger partial charge in [-0.25, -0.2) is 4.39 Å². The molecule has 1 aromatic carbocycles. The lowest BCUT2D eigenvalue weighted by Gasteiger charge is -2.34. The van der Waals surface area contributed by atoms with Crippen LogP contribution >= 0.6 is 0 Å². The molecule has 106 valence electrons. The van der Waals surface area contributed by atoms with Crippen LogP contribution in [0, 0.1) is 11.7 Å². The van der Waals surface area contributed by atoms with E-state index in [0.29, 0.717) is 5.92 Å². The molecule has 19 heavy (non-hydrogen) atoms. The van der Waals surface area contributed by atoms with Crippen LogP contribution in [0.4, 0.5) is 4.39 Å². The Morgan fingerprint density at radius 1 is 1.53 bits per heavy atom. The summed E-state index contributed by atoms with van der Waals surface area (Å²) in [5, 5.41) is 9.84. The van der Waals surface area contributed by atoms with Crippen LogP contribution in [-0.4, -0.2) is 35.7 Å². The highest BCUT2D eigenvalue weighted by Gasteiger charge is 2.24. The second-order valence-electron chi connectivity index (χ2n) is 5.58. The van der Waals surface area contributed by atoms with Gasteiger partial charge in [-0.2, -0.15) is 0 Å². The number of piperidine rings is 1. The number of rotatable bonds is 4. The molecule has 3 N–H and O–H groups in total. The van der Waals surface area contributed by atoms with Crippen molar-refractivity contribution in [3.05, 3.63) is 35.6 Å². The maximum atomic E-state index is 13.1. The lowest BCUT2D eigenvalue weighted by atomic mass is 9.95. The minimum absolute atomic E-state index is 0.146. The zero-order valence-corrected chi connectivity index (χ0v) is 11.4. The first-order valence-corrected chi connectivity index (χ1v) is 6.97. The van der Waals surface area contributed by atoms with Crippen molar-refractivity contribution in [3.8, 4) is 0 Å². The lowest BCUT2D eigenvalue weighted by molar-refractivity contribution is 0.0282. The number of aliphatic hydroxyl groups is 1. The van der Waals surface area contributed by atoms with E-state index in [1.54, 1.807) is 6.07 Å². The van der Waals surface area contributed by atoms with E-state index in [0.717, 1.165) is 38.0 Å². The van der Waals surface area contributed by atoms with Gasteiger partial charge in [0.2, 0.25) is 0 Å². The van der Waals surface area contributed by atoms with E-state index in [9.17, 15) is 9.50 Å². The van der Waals surface area contributed by atoms with Gasteiger partial charge in [0.15, 0.2) is 0 Å². The maximum Gasteiger partial charge on any atom is 0.123 e. The van der Waals surface area contributed by atoms with Gasteiger partial charge >= 0.3 is 0 Å². The third-order valence-corrected chi connectivity index (χ3v) is 4.04. The van der Waals surface area contributed by atoms with Gasteiger partial charge in [0.1, 0.15) is 5.82 Å². The zero-order chi connectivity index (χ0) is 13.8. The number of benzene rings is 1. The minimum atomic E-state index is -0.241. The van der Waals surface area contributed by atoms with Gasteiger partial charge < -0.3 is 15.7 Å². The SMILES string of the molecule is CC1CCN(CCC(N)c2cccc(F)c2)CC1O. The molecule has 0 aromatic heterocycles. The first-order valence-electron chi connectivity index (χ1n) is 6.97. The van der Waals surface area contributed by atoms with E-state index in [1.807, 2.05) is 6.07 Å². The number of nitrogens with two attached hydrogens (primary N) is 1. The normalized spacial score (nSPS) is 26.3. The van der Waals surface area contributed by atoms with Crippen LogP contribution in [0.5, 0.6) is 0 Å². The molecule has 1 heterocycles. The third-order valence-electron chi connectivity index (χ3n) is 4.04. The molecule has 3 nitrogen and oxygen atoms in total. The maximum absolute atomic E-state index is 13.1. The van der Waals surface area contributed by atoms with Crippen LogP contribution in [0.3, 0.4) is 0 Å². The molecule has 3 unspecified atom stereocenters. The quantitative estimate of drug-likeness (QED) is 0.875. The first-order chi connectivity index (χ1) is 9.06. The summed E-state index contributed by atoms with van der Waals surface area (Å²) in [6.07, 6.45) is 1.57. The second kappa shape index (κ2) is 6.46. The van der Waals surface area contributed by atoms with E-state index in [4.69, 9.17) is 5.73 Å². The lowest BCUT2D eigenvalue weighted by Crippen LogP contribution is -2.43. The van der Waals surface area contributed by atoms with E-state index in [2.05, 4.69) is 11.8 Å². The number of likely N-dealkylation sites (tertiary alicyclic amines) is 1. The van der Waals surface area contributed by atoms with Crippen molar-refractivity contribution < 1.29 is 9.50 Å². The van der Waals surface area contributed by atoms with Gasteiger partial charge in [0.25, 0.3) is 0 Å². The van der Waals surface area contributed by atoms with Crippen LogP contribution in [0.15, 0.2) is 24.3 Å². The van der Waals surface area contributed by atoms with Crippen molar-refractivity contribution in [2.24, 2.45) is 11.7 Å². The Labute approximate surface area is 114 Å². The Balaban J connectivity index is 1.82. The van der Waals surface area contributed by atoms with Crippen molar-refractivity contribution in [2.75, 3.05) is 19.6 Å². The summed E-state index contributed by atoms with van der Waals surface area (Å²) >= 11 is 0. The van der Waals surface area contributed by atoms with Crippen LogP contribution in [0.25, 0.3) is 0 Å². The topological polar surface area (TPSA) is 49.5 Å². The van der Waals surface area contributed by atoms with Gasteiger partial charge in [0, 0.05) is 19.1 Å². The van der Waals surface area contributed by atoms with Gasteiger partial charge in [0.05, 0.1) is 6.10 Å². The molecule has 1 saturated heterocycles. The molecule has 3 atom stereocenters. The van der Waals surface area contributed by atoms with E-state index >= 15 is 0 Å². The van der Waals surface area contributed by atoms with Crippen molar-refractivity contribution in [2.45, 2.75) is 31.9 Å². The van der Waals surface area contributed by atoms with Crippen LogP contribution < -0.4 is 5.73 Å². The Hall–Kier alpha value is -0.970. The van der Waals surface area contributed by atoms with Gasteiger partial charge in [-0.05, 0) is 43.0 Å². The molecule has 0 bridgehead atoms. The molecular weight excluding hydrogens is 243 g/mol. The van der Waals surface area contributed by atoms with Crippen LogP contribution in [-0.2, 0) is 0 Å². The predicted octanol–water partition coefficient (Wildman–Crippen LogP) is 1.92. The van der Waals surface area contributed by atoms with Crippen molar-refractivity contribution in [1.82, 2.24) is 4.90 Å². The molecule has 1 aliphatic rings. The molecule has 0 radical (unpaired) electrons. The number of hydrogen-bond acceptors (Lipinski definition) is 3. The predicted molar refractivity (Wildman–Crippen MR) is 74.2 cm³/mol. The Morgan fingerprint density at radius 3 is 3.00 bits per heavy atom. The van der Waals surface area contributed by atoms with Gasteiger partial charge in [-0.15, -0.1) is 0 Å². The smallest absolute Gasteiger partial charge is 0.123 e. The summed E-state index contributed by atoms with van der Waals surface area (Å²) in [5.74, 6) is 0.142. The fraction of sp³-hybridized carbons (Fsp3) is 0.600. The minimum Gasteiger partial charge on any atom is -0.392 e. The third kappa shape index (κ3) is 4.00. The number of hydrogen-bond donors (Lipinski definition) is 2. The van der Waals surface area contributed by atoms with E-state index in [1.165, 1.54) is 12.1 Å². The first kappa shape index (κ1) is 14.4. The molecule has 2 rings (SSSR count). The number of β-amino-alcohol motifs (C(OH)–C–C–N with tert-alkyl or cyclic N) is 1. The van der Waals surface area contributed by atoms with Gasteiger partial charge in [-0.1, -0.05) is 19.1 Å². The molecule has 1 aromatic rings. The van der Waals surface area contributed by atoms with E-state index in [-0.39, 0.29) is 18.0 Å². The highest BCUT2D eigenvalue weighted by molar-refractivity contribution is 5.19. The fourth-order valence-electron chi connectivity index (χ4n) is 2.54. The van der Waals surface area contributed by atoms with Crippen LogP contribution in [0.2, 0.25) is 0 Å². The van der Waals surface area contributed by atoms with Crippen molar-refractivity contribution >= 4 is 0 Å². The molecule has 1 aliphatic heterocycles. The van der Waals surface area contributed by atoms with Crippen molar-refractivity contribution in [1.29, 1.82) is 0 Å². The summed E-state index contributed by atoms with van der Waals surface area (Å²) in [6.45, 7) is 4.66. The number of halogens is 1. The zero-order valence-electron chi connectivity index (χ0n) is 11.4. The van der Waals surface area contributed by atoms with Crippen molar-refractivity contribution in [3.63, 3.8) is 0 Å². The van der Waals surface area contributed by atoms with E-state index < -0.39 is 0 Å². The molecule has 0 spiro atoms. The molecule has 1 fully saturated rings. The molecule has 0 saturated carbocycles. The summed E-state index contributed by atoms with van der Waals surface area (Å²) in [5.41, 5.74) is 6.93. The summed E-state index contributed by atoms with van der Waals surface area (Å²) in [6, 6.07) is 6.33. The molecular formula is C15H23FN2O. The number of nitrogens with zero attached hydrogens (tertiary/aromatic N) is 1. The Morgan fingerprint density at radius 2 is 2.32 bits per heavy atom. The molecule has 0 aliphatic carbocycles. The standard InChI is InChI=1S/C15H23FN2O/c1-11-5-7-18(10-15(11)19)8-6-14(17)12-3-2-4-13(16)9-12/h2-4,9,11,14-15,19H,5-8,10,17H2,1H3. The fourth-order valence-corrected chi connectivity index (χ4v) is 2.54. The van der Waals surface area contributed by atoms with Crippen LogP contribution in [0.1, 0.15) is 31.4 Å². The molecule has 4 heteroatoms. The average Bonchev–Trinajstić information content (AvgIpc) is 2.40.